The minimum atomic E-state index is -0.390. The summed E-state index contributed by atoms with van der Waals surface area (Å²) in [6.45, 7) is 7.50. The van der Waals surface area contributed by atoms with Gasteiger partial charge in [-0.3, -0.25) is 9.59 Å². The zero-order valence-corrected chi connectivity index (χ0v) is 19.8. The Morgan fingerprint density at radius 2 is 1.58 bits per heavy atom. The van der Waals surface area contributed by atoms with Crippen molar-refractivity contribution < 1.29 is 14.3 Å². The Kier molecular flexibility index (Phi) is 9.04. The van der Waals surface area contributed by atoms with Crippen LogP contribution < -0.4 is 10.1 Å². The standard InChI is InChI=1S/C27H29ClN2O3/c1-3-30(4-2)16-17-33-26-15-14-23(18-24(26)28)29-27(32)19-25(31)22-12-10-21(11-13-22)20-8-6-5-7-9-20/h5-15,18H,3-4,16-17,19H2,1-2H3,(H,29,32). The van der Waals surface area contributed by atoms with E-state index in [1.807, 2.05) is 42.5 Å². The summed E-state index contributed by atoms with van der Waals surface area (Å²) < 4.78 is 5.75. The van der Waals surface area contributed by atoms with E-state index in [0.717, 1.165) is 30.8 Å². The Bertz CT molecular complexity index is 1060. The summed E-state index contributed by atoms with van der Waals surface area (Å²) in [5, 5.41) is 3.14. The lowest BCUT2D eigenvalue weighted by molar-refractivity contribution is -0.115. The van der Waals surface area contributed by atoms with Gasteiger partial charge in [0, 0.05) is 17.8 Å². The van der Waals surface area contributed by atoms with Gasteiger partial charge in [-0.25, -0.2) is 0 Å². The van der Waals surface area contributed by atoms with Crippen molar-refractivity contribution >= 4 is 29.0 Å². The number of carbonyl (C=O) groups is 2. The zero-order valence-electron chi connectivity index (χ0n) is 19.0. The molecule has 0 aliphatic carbocycles. The van der Waals surface area contributed by atoms with E-state index in [0.29, 0.717) is 28.6 Å². The maximum Gasteiger partial charge on any atom is 0.232 e. The minimum absolute atomic E-state index is 0.241. The van der Waals surface area contributed by atoms with Gasteiger partial charge in [0.05, 0.1) is 11.4 Å². The van der Waals surface area contributed by atoms with Crippen LogP contribution in [0.3, 0.4) is 0 Å². The molecule has 0 saturated carbocycles. The van der Waals surface area contributed by atoms with Gasteiger partial charge in [-0.05, 0) is 42.4 Å². The Morgan fingerprint density at radius 1 is 0.909 bits per heavy atom. The number of benzene rings is 3. The molecular formula is C27H29ClN2O3. The lowest BCUT2D eigenvalue weighted by Crippen LogP contribution is -2.27. The predicted octanol–water partition coefficient (Wildman–Crippen LogP) is 5.94. The van der Waals surface area contributed by atoms with Gasteiger partial charge in [0.1, 0.15) is 12.4 Å². The molecule has 0 atom stereocenters. The van der Waals surface area contributed by atoms with Gasteiger partial charge in [0.2, 0.25) is 5.91 Å². The minimum Gasteiger partial charge on any atom is -0.491 e. The number of nitrogens with one attached hydrogen (secondary N) is 1. The van der Waals surface area contributed by atoms with Crippen LogP contribution in [0.2, 0.25) is 5.02 Å². The highest BCUT2D eigenvalue weighted by Crippen LogP contribution is 2.28. The average molecular weight is 465 g/mol. The molecule has 0 fully saturated rings. The lowest BCUT2D eigenvalue weighted by Gasteiger charge is -2.18. The Morgan fingerprint density at radius 3 is 2.21 bits per heavy atom. The number of Topliss-reactive ketones (excluding diaryl/α,β-unsaturated/α-hetero) is 1. The number of anilines is 1. The number of ether oxygens (including phenoxy) is 1. The van der Waals surface area contributed by atoms with E-state index in [2.05, 4.69) is 24.1 Å². The summed E-state index contributed by atoms with van der Waals surface area (Å²) in [5.41, 5.74) is 3.12. The zero-order chi connectivity index (χ0) is 23.6. The van der Waals surface area contributed by atoms with Gasteiger partial charge in [0.25, 0.3) is 0 Å². The van der Waals surface area contributed by atoms with Crippen LogP contribution in [0.4, 0.5) is 5.69 Å². The van der Waals surface area contributed by atoms with Crippen LogP contribution in [-0.4, -0.2) is 42.8 Å². The van der Waals surface area contributed by atoms with Crippen molar-refractivity contribution in [2.24, 2.45) is 0 Å². The van der Waals surface area contributed by atoms with Crippen LogP contribution >= 0.6 is 11.6 Å². The van der Waals surface area contributed by atoms with Crippen molar-refractivity contribution in [2.75, 3.05) is 31.6 Å². The van der Waals surface area contributed by atoms with Crippen LogP contribution in [-0.2, 0) is 4.79 Å². The van der Waals surface area contributed by atoms with Gasteiger partial charge in [-0.1, -0.05) is 80.0 Å². The van der Waals surface area contributed by atoms with Gasteiger partial charge in [-0.2, -0.15) is 0 Å². The SMILES string of the molecule is CCN(CC)CCOc1ccc(NC(=O)CC(=O)c2ccc(-c3ccccc3)cc2)cc1Cl. The highest BCUT2D eigenvalue weighted by molar-refractivity contribution is 6.32. The van der Waals surface area contributed by atoms with E-state index < -0.39 is 5.91 Å². The highest BCUT2D eigenvalue weighted by atomic mass is 35.5. The highest BCUT2D eigenvalue weighted by Gasteiger charge is 2.13. The quantitative estimate of drug-likeness (QED) is 0.282. The van der Waals surface area contributed by atoms with Crippen molar-refractivity contribution in [3.63, 3.8) is 0 Å². The summed E-state index contributed by atoms with van der Waals surface area (Å²) in [5.74, 6) is -0.0654. The summed E-state index contributed by atoms with van der Waals surface area (Å²) in [6, 6.07) is 22.3. The molecule has 0 spiro atoms. The van der Waals surface area contributed by atoms with E-state index in [9.17, 15) is 9.59 Å². The van der Waals surface area contributed by atoms with Crippen molar-refractivity contribution in [1.82, 2.24) is 4.90 Å². The molecule has 1 N–H and O–H groups in total. The van der Waals surface area contributed by atoms with Crippen molar-refractivity contribution in [3.8, 4) is 16.9 Å². The number of ketones is 1. The number of hydrogen-bond donors (Lipinski definition) is 1. The van der Waals surface area contributed by atoms with Crippen molar-refractivity contribution in [1.29, 1.82) is 0 Å². The first kappa shape index (κ1) is 24.5. The molecule has 3 aromatic rings. The molecule has 0 saturated heterocycles. The first-order valence-electron chi connectivity index (χ1n) is 11.1. The number of amides is 1. The fourth-order valence-corrected chi connectivity index (χ4v) is 3.69. The van der Waals surface area contributed by atoms with Gasteiger partial charge in [-0.15, -0.1) is 0 Å². The van der Waals surface area contributed by atoms with Crippen LogP contribution in [0, 0.1) is 0 Å². The van der Waals surface area contributed by atoms with E-state index in [-0.39, 0.29) is 12.2 Å². The molecule has 5 nitrogen and oxygen atoms in total. The molecule has 0 unspecified atom stereocenters. The van der Waals surface area contributed by atoms with E-state index in [1.165, 1.54) is 0 Å². The number of hydrogen-bond acceptors (Lipinski definition) is 4. The third-order valence-electron chi connectivity index (χ3n) is 5.41. The van der Waals surface area contributed by atoms with E-state index in [1.54, 1.807) is 30.3 Å². The third-order valence-corrected chi connectivity index (χ3v) is 5.71. The average Bonchev–Trinajstić information content (AvgIpc) is 2.83. The fourth-order valence-electron chi connectivity index (χ4n) is 3.45. The Hall–Kier alpha value is -3.15. The summed E-state index contributed by atoms with van der Waals surface area (Å²) in [6.07, 6.45) is -0.246. The first-order valence-corrected chi connectivity index (χ1v) is 11.5. The van der Waals surface area contributed by atoms with Crippen LogP contribution in [0.1, 0.15) is 30.6 Å². The second kappa shape index (κ2) is 12.2. The number of likely N-dealkylation sites (N-methyl/N-ethyl adjacent to an activating group) is 1. The third kappa shape index (κ3) is 7.17. The molecule has 3 aromatic carbocycles. The van der Waals surface area contributed by atoms with Crippen LogP contribution in [0.25, 0.3) is 11.1 Å². The number of halogens is 1. The molecule has 172 valence electrons. The molecule has 6 heteroatoms. The van der Waals surface area contributed by atoms with Crippen LogP contribution in [0.15, 0.2) is 72.8 Å². The predicted molar refractivity (Wildman–Crippen MR) is 134 cm³/mol. The smallest absolute Gasteiger partial charge is 0.232 e. The van der Waals surface area contributed by atoms with Gasteiger partial charge < -0.3 is 15.0 Å². The largest absolute Gasteiger partial charge is 0.491 e. The molecule has 0 aliphatic rings. The number of carbonyl (C=O) groups excluding carboxylic acids is 2. The summed E-state index contributed by atoms with van der Waals surface area (Å²) >= 11 is 6.31. The summed E-state index contributed by atoms with van der Waals surface area (Å²) in [4.78, 5) is 27.2. The van der Waals surface area contributed by atoms with Crippen molar-refractivity contribution in [2.45, 2.75) is 20.3 Å². The Balaban J connectivity index is 1.52. The molecular weight excluding hydrogens is 436 g/mol. The second-order valence-corrected chi connectivity index (χ2v) is 8.02. The normalized spacial score (nSPS) is 10.8. The lowest BCUT2D eigenvalue weighted by atomic mass is 10.0. The van der Waals surface area contributed by atoms with E-state index >= 15 is 0 Å². The van der Waals surface area contributed by atoms with Crippen LogP contribution in [0.5, 0.6) is 5.75 Å². The molecule has 0 bridgehead atoms. The second-order valence-electron chi connectivity index (χ2n) is 7.61. The maximum atomic E-state index is 12.5. The topological polar surface area (TPSA) is 58.6 Å². The van der Waals surface area contributed by atoms with Gasteiger partial charge >= 0.3 is 0 Å². The molecule has 0 aliphatic heterocycles. The first-order chi connectivity index (χ1) is 16.0. The molecule has 0 heterocycles. The molecule has 1 amide bonds. The number of rotatable bonds is 11. The van der Waals surface area contributed by atoms with Gasteiger partial charge in [0.15, 0.2) is 5.78 Å². The fraction of sp³-hybridized carbons (Fsp3) is 0.259. The summed E-state index contributed by atoms with van der Waals surface area (Å²) in [7, 11) is 0. The van der Waals surface area contributed by atoms with Crippen molar-refractivity contribution in [3.05, 3.63) is 83.4 Å². The molecule has 0 aromatic heterocycles. The maximum absolute atomic E-state index is 12.5. The Labute approximate surface area is 200 Å². The molecule has 33 heavy (non-hydrogen) atoms. The van der Waals surface area contributed by atoms with E-state index in [4.69, 9.17) is 16.3 Å². The molecule has 0 radical (unpaired) electrons. The molecule has 3 rings (SSSR count). The monoisotopic (exact) mass is 464 g/mol. The number of nitrogens with zero attached hydrogens (tertiary/aromatic N) is 1.